The van der Waals surface area contributed by atoms with Crippen LogP contribution in [0, 0.1) is 0 Å². The van der Waals surface area contributed by atoms with Gasteiger partial charge in [-0.15, -0.1) is 0 Å². The Hall–Kier alpha value is -7.43. The van der Waals surface area contributed by atoms with Gasteiger partial charge >= 0.3 is 0 Å². The second-order valence-electron chi connectivity index (χ2n) is 14.0. The Bertz CT molecular complexity index is 3250. The predicted octanol–water partition coefficient (Wildman–Crippen LogP) is 13.6. The Labute approximate surface area is 317 Å². The van der Waals surface area contributed by atoms with E-state index in [0.29, 0.717) is 17.5 Å². The number of para-hydroxylation sites is 1. The molecule has 0 amide bonds. The van der Waals surface area contributed by atoms with E-state index in [1.54, 1.807) is 0 Å². The predicted molar refractivity (Wildman–Crippen MR) is 227 cm³/mol. The second kappa shape index (κ2) is 12.6. The fourth-order valence-electron chi connectivity index (χ4n) is 7.96. The number of nitrogens with zero attached hydrogens (tertiary/aromatic N) is 3. The molecular formula is C51H31N3O. The number of fused-ring (bicyclic) bond motifs is 7. The first-order valence-electron chi connectivity index (χ1n) is 18.5. The summed E-state index contributed by atoms with van der Waals surface area (Å²) in [5.41, 5.74) is 9.01. The van der Waals surface area contributed by atoms with Gasteiger partial charge in [-0.25, -0.2) is 15.0 Å². The first-order chi connectivity index (χ1) is 27.2. The van der Waals surface area contributed by atoms with Crippen molar-refractivity contribution in [1.82, 2.24) is 15.0 Å². The molecule has 0 fully saturated rings. The van der Waals surface area contributed by atoms with E-state index in [1.807, 2.05) is 18.2 Å². The van der Waals surface area contributed by atoms with Crippen LogP contribution < -0.4 is 0 Å². The smallest absolute Gasteiger partial charge is 0.164 e. The summed E-state index contributed by atoms with van der Waals surface area (Å²) < 4.78 is 6.67. The molecule has 0 atom stereocenters. The Kier molecular flexibility index (Phi) is 7.14. The fraction of sp³-hybridized carbons (Fsp3) is 0. The van der Waals surface area contributed by atoms with Crippen molar-refractivity contribution in [2.75, 3.05) is 0 Å². The molecule has 0 spiro atoms. The van der Waals surface area contributed by atoms with Gasteiger partial charge in [0.15, 0.2) is 17.5 Å². The molecular weight excluding hydrogens is 671 g/mol. The van der Waals surface area contributed by atoms with E-state index in [0.717, 1.165) is 71.5 Å². The third-order valence-corrected chi connectivity index (χ3v) is 10.7. The molecule has 2 heterocycles. The highest BCUT2D eigenvalue weighted by Crippen LogP contribution is 2.42. The van der Waals surface area contributed by atoms with Gasteiger partial charge in [-0.2, -0.15) is 0 Å². The maximum absolute atomic E-state index is 6.67. The van der Waals surface area contributed by atoms with Crippen LogP contribution in [0.1, 0.15) is 0 Å². The third-order valence-electron chi connectivity index (χ3n) is 10.7. The lowest BCUT2D eigenvalue weighted by atomic mass is 9.96. The summed E-state index contributed by atoms with van der Waals surface area (Å²) in [5.74, 6) is 1.81. The zero-order valence-electron chi connectivity index (χ0n) is 29.6. The molecule has 256 valence electrons. The van der Waals surface area contributed by atoms with E-state index in [1.165, 1.54) is 21.7 Å². The molecule has 55 heavy (non-hydrogen) atoms. The van der Waals surface area contributed by atoms with Gasteiger partial charge in [0.2, 0.25) is 0 Å². The molecule has 0 bridgehead atoms. The number of rotatable bonds is 5. The first kappa shape index (κ1) is 31.1. The Morgan fingerprint density at radius 3 is 1.78 bits per heavy atom. The zero-order valence-corrected chi connectivity index (χ0v) is 29.6. The summed E-state index contributed by atoms with van der Waals surface area (Å²) in [6, 6.07) is 65.8. The average Bonchev–Trinajstić information content (AvgIpc) is 3.66. The van der Waals surface area contributed by atoms with Gasteiger partial charge in [-0.3, -0.25) is 0 Å². The molecule has 4 nitrogen and oxygen atoms in total. The van der Waals surface area contributed by atoms with Crippen LogP contribution in [0.5, 0.6) is 0 Å². The van der Waals surface area contributed by atoms with E-state index in [-0.39, 0.29) is 0 Å². The van der Waals surface area contributed by atoms with E-state index in [9.17, 15) is 0 Å². The normalized spacial score (nSPS) is 11.6. The summed E-state index contributed by atoms with van der Waals surface area (Å²) in [4.78, 5) is 15.7. The molecule has 11 aromatic rings. The third kappa shape index (κ3) is 5.34. The van der Waals surface area contributed by atoms with Crippen LogP contribution in [0.15, 0.2) is 192 Å². The fourth-order valence-corrected chi connectivity index (χ4v) is 7.96. The van der Waals surface area contributed by atoms with Crippen molar-refractivity contribution in [3.8, 4) is 56.4 Å². The second-order valence-corrected chi connectivity index (χ2v) is 14.0. The van der Waals surface area contributed by atoms with Crippen LogP contribution in [-0.4, -0.2) is 15.0 Å². The maximum Gasteiger partial charge on any atom is 0.164 e. The van der Waals surface area contributed by atoms with Crippen molar-refractivity contribution in [1.29, 1.82) is 0 Å². The largest absolute Gasteiger partial charge is 0.455 e. The van der Waals surface area contributed by atoms with Crippen molar-refractivity contribution >= 4 is 54.3 Å². The average molecular weight is 702 g/mol. The summed E-state index contributed by atoms with van der Waals surface area (Å²) in [6.45, 7) is 0. The Morgan fingerprint density at radius 2 is 0.927 bits per heavy atom. The SMILES string of the molecule is c1ccc(-c2ccc3c(c2)cc(-c2nc(-c4ccc(-c5cccc6ccccc56)cc4)nc(-c4ccc5ccccc5c4)n2)c2c4ccccc4oc32)cc1. The van der Waals surface area contributed by atoms with Gasteiger partial charge in [-0.1, -0.05) is 158 Å². The van der Waals surface area contributed by atoms with Gasteiger partial charge in [-0.05, 0) is 79.5 Å². The van der Waals surface area contributed by atoms with Gasteiger partial charge < -0.3 is 4.42 Å². The highest BCUT2D eigenvalue weighted by molar-refractivity contribution is 6.21. The number of hydrogen-bond acceptors (Lipinski definition) is 4. The van der Waals surface area contributed by atoms with Crippen molar-refractivity contribution < 1.29 is 4.42 Å². The highest BCUT2D eigenvalue weighted by atomic mass is 16.3. The van der Waals surface area contributed by atoms with Crippen LogP contribution in [0.25, 0.3) is 111 Å². The van der Waals surface area contributed by atoms with Crippen LogP contribution in [0.4, 0.5) is 0 Å². The molecule has 2 aromatic heterocycles. The highest BCUT2D eigenvalue weighted by Gasteiger charge is 2.21. The molecule has 0 aliphatic rings. The number of benzene rings is 9. The number of hydrogen-bond donors (Lipinski definition) is 0. The molecule has 0 saturated carbocycles. The van der Waals surface area contributed by atoms with Crippen LogP contribution in [0.3, 0.4) is 0 Å². The number of furan rings is 1. The lowest BCUT2D eigenvalue weighted by Crippen LogP contribution is -2.01. The lowest BCUT2D eigenvalue weighted by molar-refractivity contribution is 0.672. The summed E-state index contributed by atoms with van der Waals surface area (Å²) in [5, 5.41) is 8.85. The van der Waals surface area contributed by atoms with Crippen LogP contribution in [-0.2, 0) is 0 Å². The van der Waals surface area contributed by atoms with Crippen LogP contribution >= 0.6 is 0 Å². The molecule has 0 unspecified atom stereocenters. The maximum atomic E-state index is 6.67. The van der Waals surface area contributed by atoms with Gasteiger partial charge in [0, 0.05) is 32.8 Å². The molecule has 0 aliphatic carbocycles. The first-order valence-corrected chi connectivity index (χ1v) is 18.5. The summed E-state index contributed by atoms with van der Waals surface area (Å²) >= 11 is 0. The molecule has 0 saturated heterocycles. The molecule has 0 radical (unpaired) electrons. The molecule has 4 heteroatoms. The van der Waals surface area contributed by atoms with Crippen molar-refractivity contribution in [3.63, 3.8) is 0 Å². The Balaban J connectivity index is 1.15. The summed E-state index contributed by atoms with van der Waals surface area (Å²) in [7, 11) is 0. The van der Waals surface area contributed by atoms with E-state index < -0.39 is 0 Å². The van der Waals surface area contributed by atoms with Crippen molar-refractivity contribution in [2.24, 2.45) is 0 Å². The van der Waals surface area contributed by atoms with Crippen molar-refractivity contribution in [2.45, 2.75) is 0 Å². The molecule has 0 aliphatic heterocycles. The van der Waals surface area contributed by atoms with E-state index in [2.05, 4.69) is 170 Å². The van der Waals surface area contributed by atoms with E-state index >= 15 is 0 Å². The lowest BCUT2D eigenvalue weighted by Gasteiger charge is -2.12. The van der Waals surface area contributed by atoms with Gasteiger partial charge in [0.05, 0.1) is 0 Å². The molecule has 11 rings (SSSR count). The monoisotopic (exact) mass is 701 g/mol. The van der Waals surface area contributed by atoms with Gasteiger partial charge in [0.25, 0.3) is 0 Å². The van der Waals surface area contributed by atoms with Crippen LogP contribution in [0.2, 0.25) is 0 Å². The topological polar surface area (TPSA) is 51.8 Å². The standard InChI is InChI=1S/C51H31N3O/c1-2-11-32(12-3-1)38-27-28-43-40(30-38)31-45(47-44-18-8-9-20-46(44)55-48(43)47)51-53-49(52-50(54-51)39-26-21-33-13-4-5-15-37(33)29-39)36-24-22-35(23-25-36)42-19-10-16-34-14-6-7-17-41(34)42/h1-31H. The minimum Gasteiger partial charge on any atom is -0.455 e. The quantitative estimate of drug-likeness (QED) is 0.179. The minimum absolute atomic E-state index is 0.592. The van der Waals surface area contributed by atoms with Gasteiger partial charge in [0.1, 0.15) is 11.2 Å². The minimum atomic E-state index is 0.592. The zero-order chi connectivity index (χ0) is 36.3. The van der Waals surface area contributed by atoms with Crippen molar-refractivity contribution in [3.05, 3.63) is 188 Å². The summed E-state index contributed by atoms with van der Waals surface area (Å²) in [6.07, 6.45) is 0. The molecule has 9 aromatic carbocycles. The number of aromatic nitrogens is 3. The van der Waals surface area contributed by atoms with E-state index in [4.69, 9.17) is 19.4 Å². The Morgan fingerprint density at radius 1 is 0.309 bits per heavy atom. The molecule has 0 N–H and O–H groups in total.